The van der Waals surface area contributed by atoms with Crippen molar-refractivity contribution < 1.29 is 9.47 Å². The van der Waals surface area contributed by atoms with E-state index in [1.54, 1.807) is 0 Å². The Hall–Kier alpha value is 0.170. The molecule has 0 spiro atoms. The van der Waals surface area contributed by atoms with Gasteiger partial charge >= 0.3 is 0 Å². The normalized spacial score (nSPS) is 9.82. The Morgan fingerprint density at radius 3 is 1.91 bits per heavy atom. The first-order valence-electron chi connectivity index (χ1n) is 3.78. The standard InChI is InChI=1S/C7H17NO2.ClH/c1-3-9-7(5-6-8)10-4-2;/h7H,3-6,8H2,1-2H3;1H. The van der Waals surface area contributed by atoms with E-state index < -0.39 is 0 Å². The minimum atomic E-state index is -0.0972. The zero-order chi connectivity index (χ0) is 7.82. The molecule has 0 heterocycles. The van der Waals surface area contributed by atoms with Gasteiger partial charge in [-0.3, -0.25) is 0 Å². The van der Waals surface area contributed by atoms with Gasteiger partial charge in [-0.05, 0) is 20.4 Å². The van der Waals surface area contributed by atoms with Crippen molar-refractivity contribution in [1.29, 1.82) is 0 Å². The van der Waals surface area contributed by atoms with E-state index in [9.17, 15) is 0 Å². The van der Waals surface area contributed by atoms with Gasteiger partial charge in [-0.1, -0.05) is 0 Å². The van der Waals surface area contributed by atoms with Crippen LogP contribution in [0.2, 0.25) is 0 Å². The highest BCUT2D eigenvalue weighted by Gasteiger charge is 2.04. The number of hydrogen-bond acceptors (Lipinski definition) is 3. The molecule has 0 rings (SSSR count). The van der Waals surface area contributed by atoms with Gasteiger partial charge in [-0.25, -0.2) is 0 Å². The van der Waals surface area contributed by atoms with E-state index >= 15 is 0 Å². The Labute approximate surface area is 74.6 Å². The third kappa shape index (κ3) is 8.07. The smallest absolute Gasteiger partial charge is 0.158 e. The molecule has 0 aromatic carbocycles. The molecule has 0 saturated carbocycles. The summed E-state index contributed by atoms with van der Waals surface area (Å²) in [7, 11) is 0. The van der Waals surface area contributed by atoms with Gasteiger partial charge in [0.05, 0.1) is 0 Å². The quantitative estimate of drug-likeness (QED) is 0.629. The lowest BCUT2D eigenvalue weighted by atomic mass is 10.4. The largest absolute Gasteiger partial charge is 0.353 e. The summed E-state index contributed by atoms with van der Waals surface area (Å²) in [5.74, 6) is 0. The second-order valence-electron chi connectivity index (χ2n) is 1.92. The van der Waals surface area contributed by atoms with E-state index in [0.29, 0.717) is 19.8 Å². The first-order chi connectivity index (χ1) is 4.85. The molecule has 0 saturated heterocycles. The van der Waals surface area contributed by atoms with Gasteiger partial charge in [0.25, 0.3) is 0 Å². The average molecular weight is 184 g/mol. The van der Waals surface area contributed by atoms with Gasteiger partial charge in [0.15, 0.2) is 6.29 Å². The lowest BCUT2D eigenvalue weighted by Gasteiger charge is -2.15. The summed E-state index contributed by atoms with van der Waals surface area (Å²) < 4.78 is 10.4. The topological polar surface area (TPSA) is 44.5 Å². The van der Waals surface area contributed by atoms with Crippen LogP contribution >= 0.6 is 12.4 Å². The Morgan fingerprint density at radius 2 is 1.64 bits per heavy atom. The van der Waals surface area contributed by atoms with E-state index in [2.05, 4.69) is 0 Å². The predicted molar refractivity (Wildman–Crippen MR) is 48.0 cm³/mol. The summed E-state index contributed by atoms with van der Waals surface area (Å²) in [6.45, 7) is 5.88. The molecule has 0 aromatic heterocycles. The maximum absolute atomic E-state index is 5.33. The average Bonchev–Trinajstić information content (AvgIpc) is 1.90. The van der Waals surface area contributed by atoms with Gasteiger partial charge in [0.1, 0.15) is 0 Å². The second kappa shape index (κ2) is 10.2. The number of nitrogens with two attached hydrogens (primary N) is 1. The maximum Gasteiger partial charge on any atom is 0.158 e. The third-order valence-electron chi connectivity index (χ3n) is 1.11. The van der Waals surface area contributed by atoms with E-state index in [1.165, 1.54) is 0 Å². The van der Waals surface area contributed by atoms with Crippen LogP contribution in [0.1, 0.15) is 20.3 Å². The summed E-state index contributed by atoms with van der Waals surface area (Å²) in [6.07, 6.45) is 0.682. The summed E-state index contributed by atoms with van der Waals surface area (Å²) in [6, 6.07) is 0. The molecule has 0 aromatic rings. The van der Waals surface area contributed by atoms with Crippen LogP contribution in [0.3, 0.4) is 0 Å². The SMILES string of the molecule is CCOC(CCN)OCC.Cl. The fraction of sp³-hybridized carbons (Fsp3) is 1.00. The van der Waals surface area contributed by atoms with Crippen LogP contribution in [0.25, 0.3) is 0 Å². The van der Waals surface area contributed by atoms with Crippen molar-refractivity contribution in [1.82, 2.24) is 0 Å². The molecule has 0 amide bonds. The fourth-order valence-corrected chi connectivity index (χ4v) is 0.723. The van der Waals surface area contributed by atoms with Crippen molar-refractivity contribution in [2.75, 3.05) is 19.8 Å². The molecule has 0 aliphatic carbocycles. The Kier molecular flexibility index (Phi) is 12.7. The van der Waals surface area contributed by atoms with E-state index in [-0.39, 0.29) is 18.7 Å². The van der Waals surface area contributed by atoms with Crippen LogP contribution in [-0.2, 0) is 9.47 Å². The monoisotopic (exact) mass is 183 g/mol. The van der Waals surface area contributed by atoms with Crippen molar-refractivity contribution in [2.45, 2.75) is 26.6 Å². The van der Waals surface area contributed by atoms with E-state index in [4.69, 9.17) is 15.2 Å². The lowest BCUT2D eigenvalue weighted by molar-refractivity contribution is -0.137. The van der Waals surface area contributed by atoms with E-state index in [1.807, 2.05) is 13.8 Å². The molecular formula is C7H18ClNO2. The Bertz CT molecular complexity index is 59.2. The van der Waals surface area contributed by atoms with Gasteiger partial charge in [-0.15, -0.1) is 12.4 Å². The summed E-state index contributed by atoms with van der Waals surface area (Å²) >= 11 is 0. The molecule has 0 bridgehead atoms. The van der Waals surface area contributed by atoms with Crippen molar-refractivity contribution in [3.63, 3.8) is 0 Å². The van der Waals surface area contributed by atoms with Crippen LogP contribution in [0, 0.1) is 0 Å². The maximum atomic E-state index is 5.33. The van der Waals surface area contributed by atoms with Gasteiger partial charge in [0.2, 0.25) is 0 Å². The minimum absolute atomic E-state index is 0. The molecule has 0 fully saturated rings. The van der Waals surface area contributed by atoms with Crippen molar-refractivity contribution in [3.05, 3.63) is 0 Å². The summed E-state index contributed by atoms with van der Waals surface area (Å²) in [5, 5.41) is 0. The Balaban J connectivity index is 0. The van der Waals surface area contributed by atoms with Gasteiger partial charge < -0.3 is 15.2 Å². The molecule has 2 N–H and O–H groups in total. The van der Waals surface area contributed by atoms with Crippen molar-refractivity contribution in [2.24, 2.45) is 5.73 Å². The van der Waals surface area contributed by atoms with Gasteiger partial charge in [-0.2, -0.15) is 0 Å². The molecule has 3 nitrogen and oxygen atoms in total. The minimum Gasteiger partial charge on any atom is -0.353 e. The van der Waals surface area contributed by atoms with E-state index in [0.717, 1.165) is 6.42 Å². The molecule has 70 valence electrons. The van der Waals surface area contributed by atoms with Crippen LogP contribution in [0.4, 0.5) is 0 Å². The first-order valence-corrected chi connectivity index (χ1v) is 3.78. The number of hydrogen-bond donors (Lipinski definition) is 1. The fourth-order valence-electron chi connectivity index (χ4n) is 0.723. The molecule has 0 atom stereocenters. The zero-order valence-electron chi connectivity index (χ0n) is 7.21. The third-order valence-corrected chi connectivity index (χ3v) is 1.11. The van der Waals surface area contributed by atoms with Crippen molar-refractivity contribution in [3.8, 4) is 0 Å². The molecular weight excluding hydrogens is 166 g/mol. The molecule has 0 aliphatic rings. The highest BCUT2D eigenvalue weighted by atomic mass is 35.5. The molecule has 0 radical (unpaired) electrons. The summed E-state index contributed by atoms with van der Waals surface area (Å²) in [4.78, 5) is 0. The number of ether oxygens (including phenoxy) is 2. The highest BCUT2D eigenvalue weighted by Crippen LogP contribution is 1.98. The van der Waals surface area contributed by atoms with Crippen molar-refractivity contribution >= 4 is 12.4 Å². The van der Waals surface area contributed by atoms with Crippen LogP contribution in [0.5, 0.6) is 0 Å². The molecule has 4 heteroatoms. The first kappa shape index (κ1) is 13.7. The van der Waals surface area contributed by atoms with Gasteiger partial charge in [0, 0.05) is 19.6 Å². The number of rotatable bonds is 6. The molecule has 0 aliphatic heterocycles. The summed E-state index contributed by atoms with van der Waals surface area (Å²) in [5.41, 5.74) is 5.33. The molecule has 11 heavy (non-hydrogen) atoms. The van der Waals surface area contributed by atoms with Crippen LogP contribution < -0.4 is 5.73 Å². The zero-order valence-corrected chi connectivity index (χ0v) is 8.02. The lowest BCUT2D eigenvalue weighted by Crippen LogP contribution is -2.21. The number of halogens is 1. The molecule has 0 unspecified atom stereocenters. The predicted octanol–water partition coefficient (Wildman–Crippen LogP) is 1.16. The van der Waals surface area contributed by atoms with Crippen LogP contribution in [0.15, 0.2) is 0 Å². The highest BCUT2D eigenvalue weighted by molar-refractivity contribution is 5.85. The Morgan fingerprint density at radius 1 is 1.18 bits per heavy atom. The van der Waals surface area contributed by atoms with Crippen LogP contribution in [-0.4, -0.2) is 26.0 Å². The second-order valence-corrected chi connectivity index (χ2v) is 1.92.